The minimum Gasteiger partial charge on any atom is -0.378 e. The average Bonchev–Trinajstić information content (AvgIpc) is 2.90. The van der Waals surface area contributed by atoms with Gasteiger partial charge in [-0.25, -0.2) is 4.98 Å². The van der Waals surface area contributed by atoms with Gasteiger partial charge in [0.2, 0.25) is 0 Å². The molecule has 3 nitrogen and oxygen atoms in total. The lowest BCUT2D eigenvalue weighted by Crippen LogP contribution is -2.21. The highest BCUT2D eigenvalue weighted by molar-refractivity contribution is 5.09. The monoisotopic (exact) mass is 220 g/mol. The number of rotatable bonds is 2. The third-order valence-corrected chi connectivity index (χ3v) is 3.84. The van der Waals surface area contributed by atoms with E-state index in [1.807, 2.05) is 0 Å². The highest BCUT2D eigenvalue weighted by Crippen LogP contribution is 2.23. The van der Waals surface area contributed by atoms with Gasteiger partial charge in [-0.05, 0) is 31.6 Å². The molecule has 16 heavy (non-hydrogen) atoms. The number of fused-ring (bicyclic) bond motifs is 1. The summed E-state index contributed by atoms with van der Waals surface area (Å²) in [7, 11) is 0. The Morgan fingerprint density at radius 1 is 1.50 bits per heavy atom. The molecule has 2 atom stereocenters. The van der Waals surface area contributed by atoms with Gasteiger partial charge in [-0.3, -0.25) is 0 Å². The van der Waals surface area contributed by atoms with Gasteiger partial charge in [-0.1, -0.05) is 6.92 Å². The molecule has 0 saturated carbocycles. The van der Waals surface area contributed by atoms with E-state index in [0.29, 0.717) is 6.10 Å². The Morgan fingerprint density at radius 3 is 3.25 bits per heavy atom. The van der Waals surface area contributed by atoms with E-state index in [1.165, 1.54) is 37.2 Å². The molecule has 0 spiro atoms. The van der Waals surface area contributed by atoms with Crippen molar-refractivity contribution in [2.45, 2.75) is 51.7 Å². The minimum atomic E-state index is 0.420. The lowest BCUT2D eigenvalue weighted by atomic mass is 10.00. The highest BCUT2D eigenvalue weighted by atomic mass is 16.5. The number of aromatic nitrogens is 2. The standard InChI is InChI=1S/C13H20N2O/c1-10-4-5-11-8-14-13(15(11)9-10)7-12-3-2-6-16-12/h8,10,12H,2-7,9H2,1H3. The fraction of sp³-hybridized carbons (Fsp3) is 0.769. The largest absolute Gasteiger partial charge is 0.378 e. The number of ether oxygens (including phenoxy) is 1. The zero-order valence-corrected chi connectivity index (χ0v) is 9.98. The van der Waals surface area contributed by atoms with E-state index < -0.39 is 0 Å². The quantitative estimate of drug-likeness (QED) is 0.764. The molecule has 0 bridgehead atoms. The van der Waals surface area contributed by atoms with Crippen LogP contribution >= 0.6 is 0 Å². The van der Waals surface area contributed by atoms with Crippen LogP contribution in [0.25, 0.3) is 0 Å². The zero-order chi connectivity index (χ0) is 11.0. The molecule has 0 aromatic carbocycles. The molecule has 3 heterocycles. The van der Waals surface area contributed by atoms with Gasteiger partial charge < -0.3 is 9.30 Å². The van der Waals surface area contributed by atoms with Gasteiger partial charge in [0.1, 0.15) is 5.82 Å². The molecule has 0 aliphatic carbocycles. The fourth-order valence-electron chi connectivity index (χ4n) is 2.85. The Hall–Kier alpha value is -0.830. The molecular formula is C13H20N2O. The van der Waals surface area contributed by atoms with Gasteiger partial charge in [-0.2, -0.15) is 0 Å². The van der Waals surface area contributed by atoms with Crippen LogP contribution in [0.5, 0.6) is 0 Å². The van der Waals surface area contributed by atoms with E-state index in [-0.39, 0.29) is 0 Å². The SMILES string of the molecule is CC1CCc2cnc(CC3CCCO3)n2C1. The van der Waals surface area contributed by atoms with Crippen LogP contribution < -0.4 is 0 Å². The molecule has 0 N–H and O–H groups in total. The summed E-state index contributed by atoms with van der Waals surface area (Å²) in [5, 5.41) is 0. The van der Waals surface area contributed by atoms with Crippen molar-refractivity contribution in [3.63, 3.8) is 0 Å². The molecule has 0 radical (unpaired) electrons. The van der Waals surface area contributed by atoms with E-state index in [0.717, 1.165) is 25.5 Å². The topological polar surface area (TPSA) is 27.1 Å². The molecule has 1 aromatic rings. The van der Waals surface area contributed by atoms with Crippen LogP contribution in [0.1, 0.15) is 37.7 Å². The van der Waals surface area contributed by atoms with Crippen LogP contribution in [-0.2, 0) is 24.1 Å². The van der Waals surface area contributed by atoms with Crippen LogP contribution in [0.3, 0.4) is 0 Å². The van der Waals surface area contributed by atoms with Crippen LogP contribution in [0, 0.1) is 5.92 Å². The first-order valence-corrected chi connectivity index (χ1v) is 6.48. The number of hydrogen-bond donors (Lipinski definition) is 0. The summed E-state index contributed by atoms with van der Waals surface area (Å²) in [4.78, 5) is 4.58. The lowest BCUT2D eigenvalue weighted by molar-refractivity contribution is 0.108. The second-order valence-electron chi connectivity index (χ2n) is 5.26. The predicted molar refractivity (Wildman–Crippen MR) is 62.4 cm³/mol. The third kappa shape index (κ3) is 1.88. The zero-order valence-electron chi connectivity index (χ0n) is 9.98. The van der Waals surface area contributed by atoms with E-state index >= 15 is 0 Å². The molecule has 0 amide bonds. The molecule has 1 fully saturated rings. The van der Waals surface area contributed by atoms with E-state index in [2.05, 4.69) is 22.7 Å². The summed E-state index contributed by atoms with van der Waals surface area (Å²) in [5.41, 5.74) is 1.42. The van der Waals surface area contributed by atoms with Crippen LogP contribution in [-0.4, -0.2) is 22.3 Å². The van der Waals surface area contributed by atoms with Gasteiger partial charge in [0.25, 0.3) is 0 Å². The van der Waals surface area contributed by atoms with Crippen LogP contribution in [0.15, 0.2) is 6.20 Å². The van der Waals surface area contributed by atoms with Gasteiger partial charge in [0, 0.05) is 31.5 Å². The maximum absolute atomic E-state index is 5.69. The van der Waals surface area contributed by atoms with Gasteiger partial charge in [0.15, 0.2) is 0 Å². The van der Waals surface area contributed by atoms with Gasteiger partial charge in [-0.15, -0.1) is 0 Å². The molecule has 3 rings (SSSR count). The summed E-state index contributed by atoms with van der Waals surface area (Å²) in [5.74, 6) is 2.04. The fourth-order valence-corrected chi connectivity index (χ4v) is 2.85. The molecule has 1 aromatic heterocycles. The summed E-state index contributed by atoms with van der Waals surface area (Å²) in [6.07, 6.45) is 8.42. The van der Waals surface area contributed by atoms with Gasteiger partial charge >= 0.3 is 0 Å². The molecule has 88 valence electrons. The first kappa shape index (κ1) is 10.3. The normalized spacial score (nSPS) is 29.3. The average molecular weight is 220 g/mol. The van der Waals surface area contributed by atoms with Crippen molar-refractivity contribution in [3.8, 4) is 0 Å². The molecular weight excluding hydrogens is 200 g/mol. The van der Waals surface area contributed by atoms with Crippen molar-refractivity contribution in [3.05, 3.63) is 17.7 Å². The van der Waals surface area contributed by atoms with Crippen LogP contribution in [0.4, 0.5) is 0 Å². The molecule has 3 heteroatoms. The molecule has 2 aliphatic heterocycles. The van der Waals surface area contributed by atoms with Crippen molar-refractivity contribution in [2.24, 2.45) is 5.92 Å². The summed E-state index contributed by atoms with van der Waals surface area (Å²) < 4.78 is 8.12. The van der Waals surface area contributed by atoms with Crippen molar-refractivity contribution in [2.75, 3.05) is 6.61 Å². The first-order chi connectivity index (χ1) is 7.83. The Labute approximate surface area is 96.8 Å². The van der Waals surface area contributed by atoms with Crippen molar-refractivity contribution in [1.29, 1.82) is 0 Å². The van der Waals surface area contributed by atoms with E-state index in [1.54, 1.807) is 0 Å². The smallest absolute Gasteiger partial charge is 0.111 e. The molecule has 2 unspecified atom stereocenters. The summed E-state index contributed by atoms with van der Waals surface area (Å²) >= 11 is 0. The number of hydrogen-bond acceptors (Lipinski definition) is 2. The molecule has 2 aliphatic rings. The lowest BCUT2D eigenvalue weighted by Gasteiger charge is -2.23. The predicted octanol–water partition coefficient (Wildman–Crippen LogP) is 2.19. The first-order valence-electron chi connectivity index (χ1n) is 6.48. The minimum absolute atomic E-state index is 0.420. The summed E-state index contributed by atoms with van der Waals surface area (Å²) in [6, 6.07) is 0. The van der Waals surface area contributed by atoms with Crippen molar-refractivity contribution in [1.82, 2.24) is 9.55 Å². The number of imidazole rings is 1. The van der Waals surface area contributed by atoms with Crippen molar-refractivity contribution >= 4 is 0 Å². The van der Waals surface area contributed by atoms with E-state index in [4.69, 9.17) is 4.74 Å². The second-order valence-corrected chi connectivity index (χ2v) is 5.26. The van der Waals surface area contributed by atoms with Crippen molar-refractivity contribution < 1.29 is 4.74 Å². The maximum atomic E-state index is 5.69. The number of aryl methyl sites for hydroxylation is 1. The second kappa shape index (κ2) is 4.21. The number of nitrogens with zero attached hydrogens (tertiary/aromatic N) is 2. The van der Waals surface area contributed by atoms with Crippen LogP contribution in [0.2, 0.25) is 0 Å². The Morgan fingerprint density at radius 2 is 2.44 bits per heavy atom. The third-order valence-electron chi connectivity index (χ3n) is 3.84. The Kier molecular flexibility index (Phi) is 2.72. The van der Waals surface area contributed by atoms with Gasteiger partial charge in [0.05, 0.1) is 6.10 Å². The van der Waals surface area contributed by atoms with E-state index in [9.17, 15) is 0 Å². The molecule has 1 saturated heterocycles. The maximum Gasteiger partial charge on any atom is 0.111 e. The highest BCUT2D eigenvalue weighted by Gasteiger charge is 2.22. The Balaban J connectivity index is 1.77. The Bertz CT molecular complexity index is 366. The summed E-state index contributed by atoms with van der Waals surface area (Å²) in [6.45, 7) is 4.42.